The lowest BCUT2D eigenvalue weighted by Crippen LogP contribution is -2.44. The van der Waals surface area contributed by atoms with E-state index in [1.54, 1.807) is 24.4 Å². The molecule has 0 saturated heterocycles. The third-order valence-corrected chi connectivity index (χ3v) is 2.68. The van der Waals surface area contributed by atoms with Crippen LogP contribution in [0.2, 0.25) is 0 Å². The maximum Gasteiger partial charge on any atom is 0.270 e. The van der Waals surface area contributed by atoms with Crippen LogP contribution in [0.4, 0.5) is 0 Å². The molecule has 6 heteroatoms. The average molecular weight is 258 g/mol. The zero-order valence-corrected chi connectivity index (χ0v) is 10.2. The van der Waals surface area contributed by atoms with Gasteiger partial charge in [0, 0.05) is 31.0 Å². The molecule has 3 N–H and O–H groups in total. The molecule has 2 amide bonds. The van der Waals surface area contributed by atoms with E-state index < -0.39 is 17.9 Å². The zero-order valence-electron chi connectivity index (χ0n) is 10.2. The normalized spacial score (nSPS) is 14.8. The Kier molecular flexibility index (Phi) is 4.02. The van der Waals surface area contributed by atoms with Gasteiger partial charge in [0.2, 0.25) is 5.91 Å². The summed E-state index contributed by atoms with van der Waals surface area (Å²) in [6.07, 6.45) is 6.19. The Morgan fingerprint density at radius 3 is 2.84 bits per heavy atom. The van der Waals surface area contributed by atoms with E-state index in [-0.39, 0.29) is 5.69 Å². The van der Waals surface area contributed by atoms with Gasteiger partial charge in [-0.3, -0.25) is 19.6 Å². The Bertz CT molecular complexity index is 537. The van der Waals surface area contributed by atoms with E-state index in [1.807, 2.05) is 6.08 Å². The molecule has 0 saturated carbocycles. The van der Waals surface area contributed by atoms with Crippen LogP contribution in [-0.2, 0) is 4.79 Å². The summed E-state index contributed by atoms with van der Waals surface area (Å²) >= 11 is 0. The molecule has 0 aromatic carbocycles. The minimum absolute atomic E-state index is 0.248. The predicted octanol–water partition coefficient (Wildman–Crippen LogP) is 0.414. The van der Waals surface area contributed by atoms with Crippen LogP contribution in [0.15, 0.2) is 41.2 Å². The fourth-order valence-corrected chi connectivity index (χ4v) is 1.71. The summed E-state index contributed by atoms with van der Waals surface area (Å²) < 4.78 is 0. The molecule has 1 aromatic rings. The van der Waals surface area contributed by atoms with Gasteiger partial charge in [0.05, 0.1) is 0 Å². The molecule has 1 aromatic heterocycles. The molecule has 1 atom stereocenters. The summed E-state index contributed by atoms with van der Waals surface area (Å²) in [5, 5.41) is 2.57. The van der Waals surface area contributed by atoms with Crippen molar-refractivity contribution in [3.05, 3.63) is 41.9 Å². The molecule has 0 aliphatic carbocycles. The second-order valence-corrected chi connectivity index (χ2v) is 4.09. The molecule has 1 aliphatic rings. The number of nitrogens with one attached hydrogen (secondary N) is 1. The highest BCUT2D eigenvalue weighted by Gasteiger charge is 2.21. The third kappa shape index (κ3) is 3.48. The zero-order chi connectivity index (χ0) is 13.7. The van der Waals surface area contributed by atoms with Crippen molar-refractivity contribution in [2.75, 3.05) is 0 Å². The third-order valence-electron chi connectivity index (χ3n) is 2.68. The van der Waals surface area contributed by atoms with E-state index in [0.29, 0.717) is 6.42 Å². The number of allylic oxidation sites excluding steroid dienone is 1. The number of pyridine rings is 1. The molecular formula is C13H14N4O2. The van der Waals surface area contributed by atoms with E-state index in [4.69, 9.17) is 5.73 Å². The van der Waals surface area contributed by atoms with Crippen molar-refractivity contribution < 1.29 is 9.59 Å². The number of primary amides is 1. The summed E-state index contributed by atoms with van der Waals surface area (Å²) in [6, 6.07) is 4.20. The molecule has 1 aliphatic heterocycles. The molecule has 2 rings (SSSR count). The quantitative estimate of drug-likeness (QED) is 0.800. The van der Waals surface area contributed by atoms with Gasteiger partial charge < -0.3 is 11.1 Å². The van der Waals surface area contributed by atoms with Gasteiger partial charge >= 0.3 is 0 Å². The van der Waals surface area contributed by atoms with Gasteiger partial charge in [-0.25, -0.2) is 0 Å². The number of aliphatic imine (C=N–C) groups is 1. The van der Waals surface area contributed by atoms with Crippen molar-refractivity contribution in [2.45, 2.75) is 18.9 Å². The Hall–Kier alpha value is -2.50. The minimum Gasteiger partial charge on any atom is -0.368 e. The van der Waals surface area contributed by atoms with Crippen LogP contribution in [0, 0.1) is 0 Å². The molecular weight excluding hydrogens is 244 g/mol. The first-order chi connectivity index (χ1) is 9.16. The molecule has 0 bridgehead atoms. The SMILES string of the molecule is NC(=O)[C@H](CC1=CCC=N1)NC(=O)c1ccccn1. The number of amides is 2. The summed E-state index contributed by atoms with van der Waals surface area (Å²) in [4.78, 5) is 31.3. The number of nitrogens with zero attached hydrogens (tertiary/aromatic N) is 2. The average Bonchev–Trinajstić information content (AvgIpc) is 2.91. The van der Waals surface area contributed by atoms with Crippen LogP contribution >= 0.6 is 0 Å². The summed E-state index contributed by atoms with van der Waals surface area (Å²) in [5.74, 6) is -1.01. The highest BCUT2D eigenvalue weighted by atomic mass is 16.2. The second-order valence-electron chi connectivity index (χ2n) is 4.09. The maximum atomic E-state index is 11.9. The summed E-state index contributed by atoms with van der Waals surface area (Å²) in [6.45, 7) is 0. The first kappa shape index (κ1) is 12.9. The molecule has 0 spiro atoms. The van der Waals surface area contributed by atoms with E-state index in [1.165, 1.54) is 6.20 Å². The number of carbonyl (C=O) groups excluding carboxylic acids is 2. The van der Waals surface area contributed by atoms with Crippen LogP contribution in [0.1, 0.15) is 23.3 Å². The summed E-state index contributed by atoms with van der Waals surface area (Å²) in [7, 11) is 0. The van der Waals surface area contributed by atoms with Crippen LogP contribution in [-0.4, -0.2) is 29.1 Å². The molecule has 0 unspecified atom stereocenters. The van der Waals surface area contributed by atoms with E-state index in [2.05, 4.69) is 15.3 Å². The van der Waals surface area contributed by atoms with E-state index in [9.17, 15) is 9.59 Å². The van der Waals surface area contributed by atoms with Gasteiger partial charge in [-0.1, -0.05) is 12.1 Å². The first-order valence-corrected chi connectivity index (χ1v) is 5.89. The lowest BCUT2D eigenvalue weighted by molar-refractivity contribution is -0.119. The van der Waals surface area contributed by atoms with Gasteiger partial charge in [-0.15, -0.1) is 0 Å². The lowest BCUT2D eigenvalue weighted by atomic mass is 10.1. The van der Waals surface area contributed by atoms with Crippen molar-refractivity contribution in [3.63, 3.8) is 0 Å². The maximum absolute atomic E-state index is 11.9. The van der Waals surface area contributed by atoms with Crippen LogP contribution in [0.25, 0.3) is 0 Å². The fourth-order valence-electron chi connectivity index (χ4n) is 1.71. The fraction of sp³-hybridized carbons (Fsp3) is 0.231. The second kappa shape index (κ2) is 5.90. The van der Waals surface area contributed by atoms with Crippen LogP contribution < -0.4 is 11.1 Å². The molecule has 0 radical (unpaired) electrons. The topological polar surface area (TPSA) is 97.4 Å². The van der Waals surface area contributed by atoms with Crippen LogP contribution in [0.5, 0.6) is 0 Å². The molecule has 0 fully saturated rings. The van der Waals surface area contributed by atoms with Crippen molar-refractivity contribution in [1.82, 2.24) is 10.3 Å². The van der Waals surface area contributed by atoms with Gasteiger partial charge in [0.15, 0.2) is 0 Å². The largest absolute Gasteiger partial charge is 0.368 e. The molecule has 6 nitrogen and oxygen atoms in total. The number of carbonyl (C=O) groups is 2. The van der Waals surface area contributed by atoms with Gasteiger partial charge in [0.25, 0.3) is 5.91 Å². The predicted molar refractivity (Wildman–Crippen MR) is 70.5 cm³/mol. The van der Waals surface area contributed by atoms with Gasteiger partial charge in [-0.2, -0.15) is 0 Å². The highest BCUT2D eigenvalue weighted by molar-refractivity contribution is 5.95. The number of hydrogen-bond acceptors (Lipinski definition) is 4. The van der Waals surface area contributed by atoms with Crippen molar-refractivity contribution in [1.29, 1.82) is 0 Å². The van der Waals surface area contributed by atoms with Crippen molar-refractivity contribution in [3.8, 4) is 0 Å². The first-order valence-electron chi connectivity index (χ1n) is 5.89. The molecule has 98 valence electrons. The lowest BCUT2D eigenvalue weighted by Gasteiger charge is -2.14. The number of hydrogen-bond donors (Lipinski definition) is 2. The molecule has 19 heavy (non-hydrogen) atoms. The van der Waals surface area contributed by atoms with Crippen LogP contribution in [0.3, 0.4) is 0 Å². The Labute approximate surface area is 110 Å². The minimum atomic E-state index is -0.781. The van der Waals surface area contributed by atoms with Crippen molar-refractivity contribution in [2.24, 2.45) is 10.7 Å². The Morgan fingerprint density at radius 1 is 1.42 bits per heavy atom. The smallest absolute Gasteiger partial charge is 0.270 e. The van der Waals surface area contributed by atoms with Gasteiger partial charge in [0.1, 0.15) is 11.7 Å². The monoisotopic (exact) mass is 258 g/mol. The van der Waals surface area contributed by atoms with E-state index in [0.717, 1.165) is 12.1 Å². The Morgan fingerprint density at radius 2 is 2.26 bits per heavy atom. The van der Waals surface area contributed by atoms with Gasteiger partial charge in [-0.05, 0) is 12.1 Å². The summed E-state index contributed by atoms with van der Waals surface area (Å²) in [5.41, 5.74) is 6.29. The Balaban J connectivity index is 2.02. The van der Waals surface area contributed by atoms with E-state index >= 15 is 0 Å². The highest BCUT2D eigenvalue weighted by Crippen LogP contribution is 2.12. The number of aromatic nitrogens is 1. The number of rotatable bonds is 5. The standard InChI is InChI=1S/C13H14N4O2/c14-12(18)11(8-9-4-3-7-15-9)17-13(19)10-5-1-2-6-16-10/h1-2,4-7,11H,3,8H2,(H2,14,18)(H,17,19)/t11-/m0/s1. The molecule has 2 heterocycles. The number of nitrogens with two attached hydrogens (primary N) is 1. The van der Waals surface area contributed by atoms with Crippen molar-refractivity contribution >= 4 is 18.0 Å².